The molecule has 15 heteroatoms. The first-order valence-corrected chi connectivity index (χ1v) is 24.8. The number of hydrogen-bond acceptors (Lipinski definition) is 12. The van der Waals surface area contributed by atoms with Gasteiger partial charge in [-0.1, -0.05) is 31.2 Å². The van der Waals surface area contributed by atoms with Gasteiger partial charge in [0.05, 0.1) is 39.7 Å². The van der Waals surface area contributed by atoms with Crippen LogP contribution in [-0.2, 0) is 27.0 Å². The number of hydrogen-bond donors (Lipinski definition) is 3. The number of methoxy groups -OCH3 is 1. The maximum absolute atomic E-state index is 13.5. The number of imide groups is 1. The Bertz CT molecular complexity index is 2450. The molecule has 2 aromatic heterocycles. The van der Waals surface area contributed by atoms with Crippen molar-refractivity contribution in [3.63, 3.8) is 0 Å². The van der Waals surface area contributed by atoms with Gasteiger partial charge in [0.2, 0.25) is 17.8 Å². The Balaban J connectivity index is 0.862. The molecule has 5 aromatic rings. The van der Waals surface area contributed by atoms with Crippen LogP contribution in [0.2, 0.25) is 0 Å². The summed E-state index contributed by atoms with van der Waals surface area (Å²) in [6, 6.07) is 17.1. The molecule has 0 spiro atoms. The topological polar surface area (TPSA) is 155 Å². The number of aryl methyl sites for hydroxylation is 2. The monoisotopic (exact) mass is 907 g/mol. The molecule has 320 valence electrons. The Morgan fingerprint density at radius 3 is 2.36 bits per heavy atom. The van der Waals surface area contributed by atoms with E-state index in [1.807, 2.05) is 12.1 Å². The van der Waals surface area contributed by atoms with Crippen molar-refractivity contribution in [2.24, 2.45) is 5.92 Å². The molecule has 1 unspecified atom stereocenters. The number of rotatable bonds is 13. The number of benzene rings is 3. The van der Waals surface area contributed by atoms with Crippen LogP contribution < -0.4 is 30.9 Å². The molecule has 0 bridgehead atoms. The van der Waals surface area contributed by atoms with Gasteiger partial charge in [-0.05, 0) is 135 Å². The summed E-state index contributed by atoms with van der Waals surface area (Å²) in [4.78, 5) is 47.4. The lowest BCUT2D eigenvalue weighted by Gasteiger charge is -2.43. The first-order chi connectivity index (χ1) is 29.5. The molecular formula is C46H55BrN9O4P. The lowest BCUT2D eigenvalue weighted by molar-refractivity contribution is -0.134. The number of halogens is 1. The highest BCUT2D eigenvalue weighted by Crippen LogP contribution is 2.42. The predicted octanol–water partition coefficient (Wildman–Crippen LogP) is 8.32. The molecule has 3 N–H and O–H groups in total. The minimum atomic E-state index is -2.76. The van der Waals surface area contributed by atoms with Crippen LogP contribution in [0, 0.1) is 5.92 Å². The Kier molecular flexibility index (Phi) is 13.0. The number of fused-ring (bicyclic) bond motifs is 1. The van der Waals surface area contributed by atoms with Crippen LogP contribution >= 0.6 is 23.1 Å². The number of carbonyl (C=O) groups is 2. The summed E-state index contributed by atoms with van der Waals surface area (Å²) in [5.41, 5.74) is 7.48. The van der Waals surface area contributed by atoms with Crippen LogP contribution in [-0.4, -0.2) is 89.3 Å². The zero-order chi connectivity index (χ0) is 42.7. The highest BCUT2D eigenvalue weighted by atomic mass is 79.9. The third kappa shape index (κ3) is 9.77. The minimum Gasteiger partial charge on any atom is -0.494 e. The Morgan fingerprint density at radius 2 is 1.66 bits per heavy atom. The molecule has 0 aliphatic carbocycles. The maximum Gasteiger partial charge on any atom is 0.234 e. The average molecular weight is 909 g/mol. The van der Waals surface area contributed by atoms with Crippen molar-refractivity contribution in [3.8, 4) is 5.75 Å². The summed E-state index contributed by atoms with van der Waals surface area (Å²) < 4.78 is 20.1. The van der Waals surface area contributed by atoms with Gasteiger partial charge >= 0.3 is 0 Å². The van der Waals surface area contributed by atoms with Crippen LogP contribution in [0.1, 0.15) is 74.5 Å². The number of piperidine rings is 3. The van der Waals surface area contributed by atoms with E-state index in [0.717, 1.165) is 74.8 Å². The summed E-state index contributed by atoms with van der Waals surface area (Å²) in [5, 5.41) is 9.90. The Labute approximate surface area is 366 Å². The van der Waals surface area contributed by atoms with Gasteiger partial charge < -0.3 is 29.7 Å². The van der Waals surface area contributed by atoms with Gasteiger partial charge in [0.25, 0.3) is 0 Å². The highest BCUT2D eigenvalue weighted by molar-refractivity contribution is 9.10. The highest BCUT2D eigenvalue weighted by Gasteiger charge is 2.31. The van der Waals surface area contributed by atoms with Gasteiger partial charge in [0.15, 0.2) is 0 Å². The smallest absolute Gasteiger partial charge is 0.234 e. The second kappa shape index (κ2) is 18.6. The van der Waals surface area contributed by atoms with Crippen molar-refractivity contribution >= 4 is 80.1 Å². The molecule has 5 heterocycles. The van der Waals surface area contributed by atoms with Crippen molar-refractivity contribution in [2.45, 2.75) is 76.7 Å². The second-order valence-electron chi connectivity index (χ2n) is 16.9. The maximum atomic E-state index is 13.5. The number of nitrogens with one attached hydrogen (secondary N) is 3. The molecule has 3 saturated heterocycles. The van der Waals surface area contributed by atoms with Gasteiger partial charge in [-0.3, -0.25) is 24.9 Å². The number of aromatic nitrogens is 4. The van der Waals surface area contributed by atoms with Gasteiger partial charge in [0, 0.05) is 55.9 Å². The molecule has 3 aromatic carbocycles. The predicted molar refractivity (Wildman–Crippen MR) is 247 cm³/mol. The van der Waals surface area contributed by atoms with Crippen LogP contribution in [0.4, 0.5) is 28.8 Å². The zero-order valence-corrected chi connectivity index (χ0v) is 37.9. The van der Waals surface area contributed by atoms with E-state index in [-0.39, 0.29) is 17.7 Å². The molecule has 8 rings (SSSR count). The van der Waals surface area contributed by atoms with Gasteiger partial charge in [-0.2, -0.15) is 4.98 Å². The second-order valence-corrected chi connectivity index (χ2v) is 20.9. The summed E-state index contributed by atoms with van der Waals surface area (Å²) in [7, 11) is -1.07. The van der Waals surface area contributed by atoms with Crippen molar-refractivity contribution in [2.75, 3.05) is 62.2 Å². The van der Waals surface area contributed by atoms with Gasteiger partial charge in [0.1, 0.15) is 24.2 Å². The average Bonchev–Trinajstić information content (AvgIpc) is 3.26. The van der Waals surface area contributed by atoms with Gasteiger partial charge in [-0.25, -0.2) is 4.98 Å². The number of amides is 2. The Morgan fingerprint density at radius 1 is 0.902 bits per heavy atom. The molecule has 0 saturated carbocycles. The number of likely N-dealkylation sites (tertiary alicyclic amines) is 1. The number of carbonyl (C=O) groups excluding carboxylic acids is 2. The third-order valence-corrected chi connectivity index (χ3v) is 14.7. The fraction of sp³-hybridized carbons (Fsp3) is 0.435. The molecule has 3 aliphatic rings. The Hall–Kier alpha value is -4.91. The van der Waals surface area contributed by atoms with Crippen LogP contribution in [0.15, 0.2) is 71.6 Å². The van der Waals surface area contributed by atoms with Crippen molar-refractivity contribution in [1.29, 1.82) is 0 Å². The van der Waals surface area contributed by atoms with Crippen LogP contribution in [0.3, 0.4) is 0 Å². The number of anilines is 5. The summed E-state index contributed by atoms with van der Waals surface area (Å²) >= 11 is 3.60. The molecule has 61 heavy (non-hydrogen) atoms. The quantitative estimate of drug-likeness (QED) is 0.0769. The van der Waals surface area contributed by atoms with Gasteiger partial charge in [-0.15, -0.1) is 0 Å². The fourth-order valence-electron chi connectivity index (χ4n) is 9.27. The molecule has 1 atom stereocenters. The van der Waals surface area contributed by atoms with Crippen molar-refractivity contribution < 1.29 is 18.9 Å². The summed E-state index contributed by atoms with van der Waals surface area (Å²) in [5.74, 6) is 1.78. The minimum absolute atomic E-state index is 0.172. The first kappa shape index (κ1) is 42.8. The third-order valence-electron chi connectivity index (χ3n) is 12.6. The standard InChI is InChI=1S/C46H55BrN9O4P/c1-5-31-26-38(52-46-50-28-35(47)44(54-46)51-37-14-13-36-42(49-21-20-48-36)43(37)61(3,4)59)40(60-2)27-39(31)56-24-18-33(19-25-56)55-22-16-30(17-23-55)7-6-29-8-10-32(11-9-29)34-12-15-41(57)53-45(34)58/h8-11,13-14,20-21,26-28,30,33-34H,5-7,12,15-19,22-25H2,1-4H3,(H,53,57,58)(H2,50,51,52,54). The fourth-order valence-corrected chi connectivity index (χ4v) is 10.9. The van der Waals surface area contributed by atoms with E-state index in [4.69, 9.17) is 9.72 Å². The van der Waals surface area contributed by atoms with E-state index in [2.05, 4.69) is 100.0 Å². The van der Waals surface area contributed by atoms with Crippen molar-refractivity contribution in [3.05, 3.63) is 88.3 Å². The van der Waals surface area contributed by atoms with E-state index < -0.39 is 7.14 Å². The molecule has 2 amide bonds. The lowest BCUT2D eigenvalue weighted by Crippen LogP contribution is -2.48. The molecule has 3 aliphatic heterocycles. The normalized spacial score (nSPS) is 18.3. The van der Waals surface area contributed by atoms with Crippen molar-refractivity contribution in [1.82, 2.24) is 30.2 Å². The SMILES string of the molecule is CCc1cc(Nc2ncc(Br)c(Nc3ccc4nccnc4c3P(C)(C)=O)n2)c(OC)cc1N1CCC(N2CCC(CCc3ccc(C4CCC(=O)NC4=O)cc3)CC2)CC1. The summed E-state index contributed by atoms with van der Waals surface area (Å²) in [6.45, 7) is 9.96. The van der Waals surface area contributed by atoms with E-state index in [9.17, 15) is 14.2 Å². The number of ether oxygens (including phenoxy) is 1. The molecular weight excluding hydrogens is 853 g/mol. The molecule has 3 fully saturated rings. The summed E-state index contributed by atoms with van der Waals surface area (Å²) in [6.07, 6.45) is 13.8. The lowest BCUT2D eigenvalue weighted by atomic mass is 9.87. The van der Waals surface area contributed by atoms with E-state index in [1.54, 1.807) is 39.0 Å². The van der Waals surface area contributed by atoms with Crippen LogP contribution in [0.5, 0.6) is 5.75 Å². The van der Waals surface area contributed by atoms with E-state index in [0.29, 0.717) is 57.1 Å². The number of nitrogens with zero attached hydrogens (tertiary/aromatic N) is 6. The van der Waals surface area contributed by atoms with Crippen LogP contribution in [0.25, 0.3) is 11.0 Å². The largest absolute Gasteiger partial charge is 0.494 e. The zero-order valence-electron chi connectivity index (χ0n) is 35.4. The first-order valence-electron chi connectivity index (χ1n) is 21.5. The van der Waals surface area contributed by atoms with E-state index >= 15 is 0 Å². The molecule has 13 nitrogen and oxygen atoms in total. The molecule has 0 radical (unpaired) electrons. The van der Waals surface area contributed by atoms with E-state index in [1.165, 1.54) is 36.1 Å².